The van der Waals surface area contributed by atoms with Crippen LogP contribution < -0.4 is 29.6 Å². The van der Waals surface area contributed by atoms with Gasteiger partial charge in [0.25, 0.3) is 0 Å². The minimum Gasteiger partial charge on any atom is -0.870 e. The van der Waals surface area contributed by atoms with Crippen LogP contribution in [-0.2, 0) is 4.74 Å². The minimum absolute atomic E-state index is 0. The Labute approximate surface area is 111 Å². The maximum Gasteiger partial charge on any atom is 1.00 e. The molecule has 0 saturated heterocycles. The molecule has 15 heavy (non-hydrogen) atoms. The first-order chi connectivity index (χ1) is 6.24. The number of phenolic OH excluding ortho intramolecular Hbond substituents is 1. The first kappa shape index (κ1) is 16.9. The summed E-state index contributed by atoms with van der Waals surface area (Å²) in [5.41, 5.74) is 0.464. The standard InChI is InChI=1S/C10H12O3.Na.H2O/c1-2-7-13-10(12)8-3-5-9(11)6-4-8;;/h3-6,11H,2,7H2,1H3;;1H2/q;+1;/p-1. The molecule has 0 radical (unpaired) electrons. The Hall–Kier alpha value is -0.550. The molecule has 0 amide bonds. The van der Waals surface area contributed by atoms with Crippen molar-refractivity contribution in [3.8, 4) is 5.75 Å². The summed E-state index contributed by atoms with van der Waals surface area (Å²) in [6, 6.07) is 5.99. The molecule has 0 aromatic heterocycles. The zero-order chi connectivity index (χ0) is 9.68. The first-order valence-corrected chi connectivity index (χ1v) is 4.20. The molecule has 0 unspecified atom stereocenters. The topological polar surface area (TPSA) is 76.5 Å². The van der Waals surface area contributed by atoms with Crippen LogP contribution in [0.15, 0.2) is 24.3 Å². The second kappa shape index (κ2) is 8.73. The molecule has 0 spiro atoms. The van der Waals surface area contributed by atoms with Crippen molar-refractivity contribution in [2.45, 2.75) is 13.3 Å². The van der Waals surface area contributed by atoms with Gasteiger partial charge in [-0.2, -0.15) is 0 Å². The predicted molar refractivity (Wildman–Crippen MR) is 50.6 cm³/mol. The van der Waals surface area contributed by atoms with Gasteiger partial charge < -0.3 is 15.3 Å². The maximum absolute atomic E-state index is 11.2. The van der Waals surface area contributed by atoms with Crippen LogP contribution in [-0.4, -0.2) is 23.2 Å². The average Bonchev–Trinajstić information content (AvgIpc) is 2.15. The first-order valence-electron chi connectivity index (χ1n) is 4.20. The van der Waals surface area contributed by atoms with Crippen LogP contribution in [0.25, 0.3) is 0 Å². The van der Waals surface area contributed by atoms with Crippen molar-refractivity contribution < 1.29 is 49.7 Å². The normalized spacial score (nSPS) is 8.33. The molecule has 0 aliphatic rings. The number of ether oxygens (including phenoxy) is 1. The molecule has 2 N–H and O–H groups in total. The van der Waals surface area contributed by atoms with E-state index in [0.717, 1.165) is 6.42 Å². The Kier molecular flexibility index (Phi) is 9.82. The molecule has 1 aromatic carbocycles. The predicted octanol–water partition coefficient (Wildman–Crippen LogP) is -1.21. The maximum atomic E-state index is 11.2. The SMILES string of the molecule is CCCOC(=O)c1ccc(O)cc1.[Na+].[OH-]. The minimum atomic E-state index is -0.346. The summed E-state index contributed by atoms with van der Waals surface area (Å²) < 4.78 is 4.90. The molecule has 5 heteroatoms. The molecule has 1 rings (SSSR count). The van der Waals surface area contributed by atoms with E-state index in [4.69, 9.17) is 9.84 Å². The van der Waals surface area contributed by atoms with Gasteiger partial charge in [-0.15, -0.1) is 0 Å². The number of phenols is 1. The molecular weight excluding hydrogens is 207 g/mol. The van der Waals surface area contributed by atoms with Gasteiger partial charge in [0.05, 0.1) is 12.2 Å². The van der Waals surface area contributed by atoms with Crippen molar-refractivity contribution in [2.24, 2.45) is 0 Å². The van der Waals surface area contributed by atoms with Crippen LogP contribution in [0.4, 0.5) is 0 Å². The monoisotopic (exact) mass is 220 g/mol. The van der Waals surface area contributed by atoms with Gasteiger partial charge in [-0.25, -0.2) is 4.79 Å². The Morgan fingerprint density at radius 2 is 1.87 bits per heavy atom. The molecule has 0 fully saturated rings. The molecule has 78 valence electrons. The van der Waals surface area contributed by atoms with E-state index in [1.54, 1.807) is 0 Å². The van der Waals surface area contributed by atoms with Crippen LogP contribution in [0.5, 0.6) is 5.75 Å². The van der Waals surface area contributed by atoms with Gasteiger partial charge in [0.2, 0.25) is 0 Å². The Bertz CT molecular complexity index is 284. The molecule has 0 aliphatic heterocycles. The molecule has 1 aromatic rings. The summed E-state index contributed by atoms with van der Waals surface area (Å²) in [7, 11) is 0. The van der Waals surface area contributed by atoms with Crippen molar-refractivity contribution in [3.63, 3.8) is 0 Å². The van der Waals surface area contributed by atoms with Crippen molar-refractivity contribution in [1.29, 1.82) is 0 Å². The van der Waals surface area contributed by atoms with Crippen LogP contribution in [0.2, 0.25) is 0 Å². The molecular formula is C10H13NaO4. The summed E-state index contributed by atoms with van der Waals surface area (Å²) in [6.07, 6.45) is 0.809. The van der Waals surface area contributed by atoms with E-state index in [9.17, 15) is 4.79 Å². The molecule has 0 heterocycles. The van der Waals surface area contributed by atoms with Gasteiger partial charge in [0.1, 0.15) is 5.75 Å². The van der Waals surface area contributed by atoms with Gasteiger partial charge in [0.15, 0.2) is 0 Å². The number of hydrogen-bond acceptors (Lipinski definition) is 4. The Morgan fingerprint density at radius 3 is 2.33 bits per heavy atom. The molecule has 0 atom stereocenters. The number of rotatable bonds is 3. The third-order valence-electron chi connectivity index (χ3n) is 1.54. The number of carbonyl (C=O) groups is 1. The summed E-state index contributed by atoms with van der Waals surface area (Å²) in [6.45, 7) is 2.36. The third-order valence-corrected chi connectivity index (χ3v) is 1.54. The summed E-state index contributed by atoms with van der Waals surface area (Å²) >= 11 is 0. The van der Waals surface area contributed by atoms with E-state index in [2.05, 4.69) is 0 Å². The number of esters is 1. The van der Waals surface area contributed by atoms with Gasteiger partial charge in [0, 0.05) is 0 Å². The fraction of sp³-hybridized carbons (Fsp3) is 0.300. The molecule has 0 saturated carbocycles. The summed E-state index contributed by atoms with van der Waals surface area (Å²) in [5.74, 6) is -0.200. The number of benzene rings is 1. The van der Waals surface area contributed by atoms with E-state index < -0.39 is 0 Å². The number of hydrogen-bond donors (Lipinski definition) is 1. The van der Waals surface area contributed by atoms with E-state index in [1.807, 2.05) is 6.92 Å². The molecule has 0 aliphatic carbocycles. The van der Waals surface area contributed by atoms with Gasteiger partial charge in [-0.1, -0.05) is 6.92 Å². The fourth-order valence-corrected chi connectivity index (χ4v) is 0.876. The van der Waals surface area contributed by atoms with Gasteiger partial charge >= 0.3 is 35.5 Å². The van der Waals surface area contributed by atoms with Crippen molar-refractivity contribution >= 4 is 5.97 Å². The second-order valence-corrected chi connectivity index (χ2v) is 2.68. The van der Waals surface area contributed by atoms with E-state index in [-0.39, 0.29) is 46.8 Å². The molecule has 0 bridgehead atoms. The second-order valence-electron chi connectivity index (χ2n) is 2.68. The summed E-state index contributed by atoms with van der Waals surface area (Å²) in [4.78, 5) is 11.2. The van der Waals surface area contributed by atoms with Crippen molar-refractivity contribution in [2.75, 3.05) is 6.61 Å². The largest absolute Gasteiger partial charge is 1.00 e. The van der Waals surface area contributed by atoms with Gasteiger partial charge in [-0.3, -0.25) is 0 Å². The van der Waals surface area contributed by atoms with Crippen molar-refractivity contribution in [1.82, 2.24) is 0 Å². The Balaban J connectivity index is 0. The fourth-order valence-electron chi connectivity index (χ4n) is 0.876. The number of aromatic hydroxyl groups is 1. The van der Waals surface area contributed by atoms with Crippen molar-refractivity contribution in [3.05, 3.63) is 29.8 Å². The Morgan fingerprint density at radius 1 is 1.33 bits per heavy atom. The smallest absolute Gasteiger partial charge is 0.870 e. The van der Waals surface area contributed by atoms with Crippen LogP contribution in [0.1, 0.15) is 23.7 Å². The average molecular weight is 220 g/mol. The third kappa shape index (κ3) is 5.79. The zero-order valence-corrected chi connectivity index (χ0v) is 10.9. The molecule has 4 nitrogen and oxygen atoms in total. The van der Waals surface area contributed by atoms with E-state index in [1.165, 1.54) is 24.3 Å². The van der Waals surface area contributed by atoms with Crippen LogP contribution in [0, 0.1) is 0 Å². The number of carbonyl (C=O) groups excluding carboxylic acids is 1. The van der Waals surface area contributed by atoms with E-state index >= 15 is 0 Å². The zero-order valence-electron chi connectivity index (χ0n) is 8.93. The summed E-state index contributed by atoms with van der Waals surface area (Å²) in [5, 5.41) is 8.96. The van der Waals surface area contributed by atoms with E-state index in [0.29, 0.717) is 12.2 Å². The van der Waals surface area contributed by atoms with Gasteiger partial charge in [-0.05, 0) is 30.7 Å². The van der Waals surface area contributed by atoms with Crippen LogP contribution >= 0.6 is 0 Å². The van der Waals surface area contributed by atoms with Crippen LogP contribution in [0.3, 0.4) is 0 Å². The quantitative estimate of drug-likeness (QED) is 0.512.